The molecule has 0 aliphatic carbocycles. The molecule has 0 aliphatic heterocycles. The fraction of sp³-hybridized carbons (Fsp3) is 0.143. The van der Waals surface area contributed by atoms with E-state index >= 15 is 0 Å². The van der Waals surface area contributed by atoms with E-state index < -0.39 is 11.7 Å². The zero-order valence-electron chi connectivity index (χ0n) is 10.6. The first-order valence-corrected chi connectivity index (χ1v) is 6.15. The van der Waals surface area contributed by atoms with Gasteiger partial charge in [0, 0.05) is 11.4 Å². The van der Waals surface area contributed by atoms with Crippen LogP contribution in [-0.2, 0) is 6.18 Å². The fourth-order valence-corrected chi connectivity index (χ4v) is 1.94. The lowest BCUT2D eigenvalue weighted by Crippen LogP contribution is -2.05. The molecule has 0 heterocycles. The summed E-state index contributed by atoms with van der Waals surface area (Å²) in [6, 6.07) is 8.43. The van der Waals surface area contributed by atoms with E-state index in [1.54, 1.807) is 12.1 Å². The van der Waals surface area contributed by atoms with Gasteiger partial charge in [-0.15, -0.1) is 0 Å². The molecule has 0 fully saturated rings. The Hall–Kier alpha value is -1.88. The van der Waals surface area contributed by atoms with Crippen molar-refractivity contribution in [2.75, 3.05) is 11.1 Å². The second-order valence-electron chi connectivity index (χ2n) is 4.39. The van der Waals surface area contributed by atoms with E-state index in [1.807, 2.05) is 13.0 Å². The van der Waals surface area contributed by atoms with Gasteiger partial charge in [0.25, 0.3) is 0 Å². The van der Waals surface area contributed by atoms with Gasteiger partial charge >= 0.3 is 6.18 Å². The first-order valence-electron chi connectivity index (χ1n) is 5.77. The van der Waals surface area contributed by atoms with Crippen LogP contribution < -0.4 is 11.1 Å². The summed E-state index contributed by atoms with van der Waals surface area (Å²) in [7, 11) is 0. The third-order valence-corrected chi connectivity index (χ3v) is 3.14. The molecule has 0 atom stereocenters. The van der Waals surface area contributed by atoms with Gasteiger partial charge in [0.15, 0.2) is 0 Å². The Morgan fingerprint density at radius 3 is 2.35 bits per heavy atom. The van der Waals surface area contributed by atoms with Crippen molar-refractivity contribution >= 4 is 28.7 Å². The van der Waals surface area contributed by atoms with Gasteiger partial charge in [-0.2, -0.15) is 13.2 Å². The van der Waals surface area contributed by atoms with Crippen molar-refractivity contribution in [3.63, 3.8) is 0 Å². The molecule has 0 saturated carbocycles. The van der Waals surface area contributed by atoms with E-state index in [9.17, 15) is 13.2 Å². The minimum Gasteiger partial charge on any atom is -0.399 e. The summed E-state index contributed by atoms with van der Waals surface area (Å²) < 4.78 is 37.6. The maximum atomic E-state index is 12.5. The van der Waals surface area contributed by atoms with E-state index in [1.165, 1.54) is 6.07 Å². The summed E-state index contributed by atoms with van der Waals surface area (Å²) in [6.45, 7) is 1.86. The van der Waals surface area contributed by atoms with Crippen molar-refractivity contribution in [2.24, 2.45) is 0 Å². The molecule has 2 aromatic rings. The summed E-state index contributed by atoms with van der Waals surface area (Å²) >= 11 is 5.88. The molecule has 0 spiro atoms. The molecule has 2 nitrogen and oxygen atoms in total. The number of alkyl halides is 3. The highest BCUT2D eigenvalue weighted by Crippen LogP contribution is 2.35. The highest BCUT2D eigenvalue weighted by molar-refractivity contribution is 6.33. The molecular formula is C14H12ClF3N2. The molecule has 106 valence electrons. The number of benzene rings is 2. The van der Waals surface area contributed by atoms with Gasteiger partial charge in [0.2, 0.25) is 0 Å². The number of anilines is 3. The van der Waals surface area contributed by atoms with Gasteiger partial charge in [0.05, 0.1) is 16.3 Å². The van der Waals surface area contributed by atoms with E-state index in [0.717, 1.165) is 17.7 Å². The molecule has 0 saturated heterocycles. The van der Waals surface area contributed by atoms with Crippen LogP contribution in [0.25, 0.3) is 0 Å². The first-order chi connectivity index (χ1) is 9.27. The van der Waals surface area contributed by atoms with Crippen molar-refractivity contribution in [1.29, 1.82) is 0 Å². The van der Waals surface area contributed by atoms with Crippen LogP contribution in [-0.4, -0.2) is 0 Å². The maximum absolute atomic E-state index is 12.5. The number of nitrogen functional groups attached to an aromatic ring is 1. The minimum absolute atomic E-state index is 0.00153. The molecule has 20 heavy (non-hydrogen) atoms. The second kappa shape index (κ2) is 5.25. The van der Waals surface area contributed by atoms with Crippen LogP contribution >= 0.6 is 11.6 Å². The molecule has 0 bridgehead atoms. The zero-order valence-corrected chi connectivity index (χ0v) is 11.3. The van der Waals surface area contributed by atoms with Crippen LogP contribution in [0.4, 0.5) is 30.2 Å². The zero-order chi connectivity index (χ0) is 14.9. The standard InChI is InChI=1S/C14H12ClF3N2/c1-8-2-4-10(19)7-13(8)20-12-5-3-9(6-11(12)15)14(16,17)18/h2-7,20H,19H2,1H3. The number of hydrogen-bond donors (Lipinski definition) is 2. The smallest absolute Gasteiger partial charge is 0.399 e. The van der Waals surface area contributed by atoms with Gasteiger partial charge in [-0.25, -0.2) is 0 Å². The van der Waals surface area contributed by atoms with Crippen molar-refractivity contribution in [3.8, 4) is 0 Å². The van der Waals surface area contributed by atoms with Crippen molar-refractivity contribution in [3.05, 3.63) is 52.5 Å². The largest absolute Gasteiger partial charge is 0.416 e. The number of rotatable bonds is 2. The lowest BCUT2D eigenvalue weighted by atomic mass is 10.1. The molecule has 0 aromatic heterocycles. The molecule has 0 amide bonds. The monoisotopic (exact) mass is 300 g/mol. The van der Waals surface area contributed by atoms with Gasteiger partial charge in [-0.1, -0.05) is 17.7 Å². The van der Waals surface area contributed by atoms with E-state index in [4.69, 9.17) is 17.3 Å². The lowest BCUT2D eigenvalue weighted by molar-refractivity contribution is -0.137. The summed E-state index contributed by atoms with van der Waals surface area (Å²) in [5.74, 6) is 0. The topological polar surface area (TPSA) is 38.0 Å². The van der Waals surface area contributed by atoms with E-state index in [-0.39, 0.29) is 5.02 Å². The molecule has 2 rings (SSSR count). The average molecular weight is 301 g/mol. The molecule has 0 unspecified atom stereocenters. The average Bonchev–Trinajstić information content (AvgIpc) is 2.35. The number of aryl methyl sites for hydroxylation is 1. The highest BCUT2D eigenvalue weighted by atomic mass is 35.5. The minimum atomic E-state index is -4.41. The van der Waals surface area contributed by atoms with Crippen LogP contribution in [0.5, 0.6) is 0 Å². The Morgan fingerprint density at radius 1 is 1.05 bits per heavy atom. The number of nitrogens with two attached hydrogens (primary N) is 1. The molecule has 6 heteroatoms. The fourth-order valence-electron chi connectivity index (χ4n) is 1.71. The maximum Gasteiger partial charge on any atom is 0.416 e. The molecule has 0 aliphatic rings. The van der Waals surface area contributed by atoms with Crippen LogP contribution in [0.2, 0.25) is 5.02 Å². The Kier molecular flexibility index (Phi) is 3.81. The summed E-state index contributed by atoms with van der Waals surface area (Å²) in [5, 5.41) is 2.98. The molecule has 2 aromatic carbocycles. The quantitative estimate of drug-likeness (QED) is 0.767. The van der Waals surface area contributed by atoms with Crippen molar-refractivity contribution in [1.82, 2.24) is 0 Å². The van der Waals surface area contributed by atoms with Crippen LogP contribution in [0, 0.1) is 6.92 Å². The Morgan fingerprint density at radius 2 is 1.75 bits per heavy atom. The number of hydrogen-bond acceptors (Lipinski definition) is 2. The van der Waals surface area contributed by atoms with Crippen LogP contribution in [0.15, 0.2) is 36.4 Å². The van der Waals surface area contributed by atoms with Gasteiger partial charge in [-0.3, -0.25) is 0 Å². The molecular weight excluding hydrogens is 289 g/mol. The second-order valence-corrected chi connectivity index (χ2v) is 4.80. The SMILES string of the molecule is Cc1ccc(N)cc1Nc1ccc(C(F)(F)F)cc1Cl. The summed E-state index contributed by atoms with van der Waals surface area (Å²) in [4.78, 5) is 0. The number of nitrogens with one attached hydrogen (secondary N) is 1. The first kappa shape index (κ1) is 14.5. The predicted octanol–water partition coefficient (Wildman–Crippen LogP) is 4.99. The third kappa shape index (κ3) is 3.17. The highest BCUT2D eigenvalue weighted by Gasteiger charge is 2.30. The van der Waals surface area contributed by atoms with Crippen LogP contribution in [0.1, 0.15) is 11.1 Å². The number of halogens is 4. The van der Waals surface area contributed by atoms with Gasteiger partial charge < -0.3 is 11.1 Å². The van der Waals surface area contributed by atoms with Gasteiger partial charge in [0.1, 0.15) is 0 Å². The Labute approximate surface area is 119 Å². The third-order valence-electron chi connectivity index (χ3n) is 2.83. The van der Waals surface area contributed by atoms with Crippen molar-refractivity contribution in [2.45, 2.75) is 13.1 Å². The van der Waals surface area contributed by atoms with Gasteiger partial charge in [-0.05, 0) is 42.8 Å². The summed E-state index contributed by atoms with van der Waals surface area (Å²) in [5.41, 5.74) is 7.46. The van der Waals surface area contributed by atoms with Crippen molar-refractivity contribution < 1.29 is 13.2 Å². The van der Waals surface area contributed by atoms with E-state index in [0.29, 0.717) is 17.1 Å². The van der Waals surface area contributed by atoms with E-state index in [2.05, 4.69) is 5.32 Å². The normalized spacial score (nSPS) is 11.4. The lowest BCUT2D eigenvalue weighted by Gasteiger charge is -2.13. The molecule has 0 radical (unpaired) electrons. The Bertz CT molecular complexity index is 639. The Balaban J connectivity index is 2.33. The summed E-state index contributed by atoms with van der Waals surface area (Å²) in [6.07, 6.45) is -4.41. The van der Waals surface area contributed by atoms with Crippen LogP contribution in [0.3, 0.4) is 0 Å². The predicted molar refractivity (Wildman–Crippen MR) is 75.3 cm³/mol. The molecule has 3 N–H and O–H groups in total.